The van der Waals surface area contributed by atoms with Crippen LogP contribution in [0.5, 0.6) is 5.75 Å². The molecule has 1 atom stereocenters. The fourth-order valence-electron chi connectivity index (χ4n) is 3.96. The summed E-state index contributed by atoms with van der Waals surface area (Å²) in [6.45, 7) is 9.27. The smallest absolute Gasteiger partial charge is 0.191 e. The fraction of sp³-hybridized carbons (Fsp3) is 0.720. The van der Waals surface area contributed by atoms with E-state index in [4.69, 9.17) is 14.5 Å². The van der Waals surface area contributed by atoms with Crippen LogP contribution in [0.1, 0.15) is 50.6 Å². The average Bonchev–Trinajstić information content (AvgIpc) is 2.81. The lowest BCUT2D eigenvalue weighted by molar-refractivity contribution is 0.0179. The molecule has 1 fully saturated rings. The Labute approximate surface area is 195 Å². The molecule has 0 bridgehead atoms. The van der Waals surface area contributed by atoms with Crippen molar-refractivity contribution in [3.8, 4) is 5.75 Å². The van der Waals surface area contributed by atoms with Crippen LogP contribution in [0.15, 0.2) is 29.3 Å². The summed E-state index contributed by atoms with van der Waals surface area (Å²) >= 11 is 0. The molecule has 0 aliphatic carbocycles. The van der Waals surface area contributed by atoms with Crippen molar-refractivity contribution in [1.82, 2.24) is 20.4 Å². The molecular formula is C25H45N5O2. The van der Waals surface area contributed by atoms with Gasteiger partial charge in [-0.05, 0) is 58.1 Å². The SMILES string of the molecule is CCNC(=NCC(c1ccc(OC)cc1)N1CCOCC1)NCCCCCCCN(C)C. The van der Waals surface area contributed by atoms with Gasteiger partial charge in [0, 0.05) is 26.2 Å². The van der Waals surface area contributed by atoms with Gasteiger partial charge in [0.05, 0.1) is 32.9 Å². The second-order valence-electron chi connectivity index (χ2n) is 8.65. The van der Waals surface area contributed by atoms with Crippen LogP contribution in [0.3, 0.4) is 0 Å². The van der Waals surface area contributed by atoms with Crippen molar-refractivity contribution >= 4 is 5.96 Å². The Morgan fingerprint density at radius 1 is 1.06 bits per heavy atom. The summed E-state index contributed by atoms with van der Waals surface area (Å²) in [5.41, 5.74) is 1.27. The summed E-state index contributed by atoms with van der Waals surface area (Å²) in [4.78, 5) is 9.69. The van der Waals surface area contributed by atoms with Gasteiger partial charge >= 0.3 is 0 Å². The number of methoxy groups -OCH3 is 1. The van der Waals surface area contributed by atoms with Crippen molar-refractivity contribution < 1.29 is 9.47 Å². The zero-order valence-electron chi connectivity index (χ0n) is 20.7. The number of nitrogens with one attached hydrogen (secondary N) is 2. The summed E-state index contributed by atoms with van der Waals surface area (Å²) in [6, 6.07) is 8.62. The van der Waals surface area contributed by atoms with Crippen LogP contribution >= 0.6 is 0 Å². The maximum atomic E-state index is 5.57. The molecule has 0 amide bonds. The summed E-state index contributed by atoms with van der Waals surface area (Å²) in [5, 5.41) is 6.93. The first-order valence-corrected chi connectivity index (χ1v) is 12.3. The third-order valence-electron chi connectivity index (χ3n) is 5.83. The highest BCUT2D eigenvalue weighted by molar-refractivity contribution is 5.79. The lowest BCUT2D eigenvalue weighted by atomic mass is 10.0. The van der Waals surface area contributed by atoms with E-state index in [0.717, 1.165) is 51.1 Å². The monoisotopic (exact) mass is 447 g/mol. The van der Waals surface area contributed by atoms with Gasteiger partial charge in [-0.2, -0.15) is 0 Å². The van der Waals surface area contributed by atoms with E-state index in [1.54, 1.807) is 7.11 Å². The molecule has 0 spiro atoms. The van der Waals surface area contributed by atoms with Crippen molar-refractivity contribution in [2.75, 3.05) is 73.7 Å². The van der Waals surface area contributed by atoms with Crippen LogP contribution in [0.2, 0.25) is 0 Å². The Kier molecular flexibility index (Phi) is 13.1. The number of hydrogen-bond acceptors (Lipinski definition) is 5. The zero-order chi connectivity index (χ0) is 23.0. The molecule has 7 nitrogen and oxygen atoms in total. The van der Waals surface area contributed by atoms with Crippen LogP contribution in [-0.2, 0) is 4.74 Å². The van der Waals surface area contributed by atoms with E-state index in [-0.39, 0.29) is 6.04 Å². The normalized spacial score (nSPS) is 16.2. The van der Waals surface area contributed by atoms with Crippen LogP contribution in [0.4, 0.5) is 0 Å². The van der Waals surface area contributed by atoms with Crippen molar-refractivity contribution in [2.45, 2.75) is 45.1 Å². The van der Waals surface area contributed by atoms with Gasteiger partial charge in [-0.1, -0.05) is 31.4 Å². The van der Waals surface area contributed by atoms with Crippen molar-refractivity contribution in [2.24, 2.45) is 4.99 Å². The topological polar surface area (TPSA) is 61.4 Å². The van der Waals surface area contributed by atoms with Crippen LogP contribution in [0, 0.1) is 0 Å². The third-order valence-corrected chi connectivity index (χ3v) is 5.83. The van der Waals surface area contributed by atoms with Gasteiger partial charge in [-0.25, -0.2) is 0 Å². The first-order chi connectivity index (χ1) is 15.6. The van der Waals surface area contributed by atoms with E-state index in [1.165, 1.54) is 44.2 Å². The minimum atomic E-state index is 0.233. The molecule has 0 saturated carbocycles. The summed E-state index contributed by atoms with van der Waals surface area (Å²) < 4.78 is 10.9. The molecule has 1 aromatic carbocycles. The molecule has 1 aliphatic rings. The Bertz CT molecular complexity index is 630. The zero-order valence-corrected chi connectivity index (χ0v) is 20.7. The van der Waals surface area contributed by atoms with Gasteiger partial charge in [0.15, 0.2) is 5.96 Å². The van der Waals surface area contributed by atoms with E-state index in [1.807, 2.05) is 12.1 Å². The van der Waals surface area contributed by atoms with Crippen LogP contribution < -0.4 is 15.4 Å². The number of rotatable bonds is 14. The molecule has 1 saturated heterocycles. The predicted molar refractivity (Wildman–Crippen MR) is 134 cm³/mol. The van der Waals surface area contributed by atoms with E-state index in [0.29, 0.717) is 6.54 Å². The van der Waals surface area contributed by atoms with Gasteiger partial charge in [-0.3, -0.25) is 9.89 Å². The molecule has 0 aromatic heterocycles. The van der Waals surface area contributed by atoms with E-state index >= 15 is 0 Å². The van der Waals surface area contributed by atoms with Gasteiger partial charge in [-0.15, -0.1) is 0 Å². The number of benzene rings is 1. The van der Waals surface area contributed by atoms with Crippen molar-refractivity contribution in [3.05, 3.63) is 29.8 Å². The van der Waals surface area contributed by atoms with Gasteiger partial charge < -0.3 is 25.0 Å². The van der Waals surface area contributed by atoms with E-state index in [2.05, 4.69) is 53.6 Å². The molecule has 2 rings (SSSR count). The fourth-order valence-corrected chi connectivity index (χ4v) is 3.96. The average molecular weight is 448 g/mol. The minimum Gasteiger partial charge on any atom is -0.497 e. The highest BCUT2D eigenvalue weighted by Crippen LogP contribution is 2.24. The lowest BCUT2D eigenvalue weighted by Crippen LogP contribution is -2.42. The molecule has 0 radical (unpaired) electrons. The molecule has 2 N–H and O–H groups in total. The van der Waals surface area contributed by atoms with Crippen molar-refractivity contribution in [3.63, 3.8) is 0 Å². The number of hydrogen-bond donors (Lipinski definition) is 2. The molecular weight excluding hydrogens is 402 g/mol. The van der Waals surface area contributed by atoms with Crippen LogP contribution in [0.25, 0.3) is 0 Å². The van der Waals surface area contributed by atoms with E-state index < -0.39 is 0 Å². The lowest BCUT2D eigenvalue weighted by Gasteiger charge is -2.34. The highest BCUT2D eigenvalue weighted by Gasteiger charge is 2.22. The predicted octanol–water partition coefficient (Wildman–Crippen LogP) is 3.14. The number of aliphatic imine (C=N–C) groups is 1. The second-order valence-corrected chi connectivity index (χ2v) is 8.65. The summed E-state index contributed by atoms with van der Waals surface area (Å²) in [5.74, 6) is 1.79. The first kappa shape index (κ1) is 26.4. The van der Waals surface area contributed by atoms with Crippen LogP contribution in [-0.4, -0.2) is 89.4 Å². The second kappa shape index (κ2) is 15.9. The summed E-state index contributed by atoms with van der Waals surface area (Å²) in [7, 11) is 5.99. The Hall–Kier alpha value is -1.83. The third kappa shape index (κ3) is 10.2. The molecule has 1 heterocycles. The minimum absolute atomic E-state index is 0.233. The Morgan fingerprint density at radius 2 is 1.75 bits per heavy atom. The van der Waals surface area contributed by atoms with E-state index in [9.17, 15) is 0 Å². The highest BCUT2D eigenvalue weighted by atomic mass is 16.5. The Morgan fingerprint density at radius 3 is 2.41 bits per heavy atom. The number of nitrogens with zero attached hydrogens (tertiary/aromatic N) is 3. The van der Waals surface area contributed by atoms with Gasteiger partial charge in [0.25, 0.3) is 0 Å². The number of guanidine groups is 1. The number of morpholine rings is 1. The quantitative estimate of drug-likeness (QED) is 0.260. The molecule has 7 heteroatoms. The molecule has 1 aromatic rings. The largest absolute Gasteiger partial charge is 0.497 e. The molecule has 1 aliphatic heterocycles. The first-order valence-electron chi connectivity index (χ1n) is 12.3. The van der Waals surface area contributed by atoms with Crippen molar-refractivity contribution in [1.29, 1.82) is 0 Å². The summed E-state index contributed by atoms with van der Waals surface area (Å²) in [6.07, 6.45) is 6.36. The maximum absolute atomic E-state index is 5.57. The standard InChI is InChI=1S/C25H45N5O2/c1-5-26-25(27-15-9-7-6-8-10-16-29(2)3)28-21-24(30-17-19-32-20-18-30)22-11-13-23(31-4)14-12-22/h11-14,24H,5-10,15-21H2,1-4H3,(H2,26,27,28). The number of unbranched alkanes of at least 4 members (excludes halogenated alkanes) is 4. The molecule has 32 heavy (non-hydrogen) atoms. The Balaban J connectivity index is 1.87. The number of ether oxygens (including phenoxy) is 2. The maximum Gasteiger partial charge on any atom is 0.191 e. The molecule has 182 valence electrons. The van der Waals surface area contributed by atoms with Gasteiger partial charge in [0.2, 0.25) is 0 Å². The van der Waals surface area contributed by atoms with Gasteiger partial charge in [0.1, 0.15) is 5.75 Å². The molecule has 1 unspecified atom stereocenters.